The zero-order chi connectivity index (χ0) is 10.6. The molecule has 1 N–H and O–H groups in total. The van der Waals surface area contributed by atoms with Crippen LogP contribution in [0.25, 0.3) is 0 Å². The van der Waals surface area contributed by atoms with Crippen LogP contribution in [-0.4, -0.2) is 16.2 Å². The average molecular weight is 197 g/mol. The molecule has 0 radical (unpaired) electrons. The average Bonchev–Trinajstić information content (AvgIpc) is 2.53. The lowest BCUT2D eigenvalue weighted by atomic mass is 9.96. The Morgan fingerprint density at radius 3 is 2.43 bits per heavy atom. The highest BCUT2D eigenvalue weighted by Crippen LogP contribution is 2.16. The highest BCUT2D eigenvalue weighted by molar-refractivity contribution is 5.20. The molecule has 0 fully saturated rings. The Hall–Kier alpha value is -1.06. The molecule has 0 aliphatic heterocycles. The van der Waals surface area contributed by atoms with E-state index >= 15 is 0 Å². The van der Waals surface area contributed by atoms with Gasteiger partial charge >= 0.3 is 6.01 Å². The zero-order valence-corrected chi connectivity index (χ0v) is 9.37. The Balaban J connectivity index is 2.51. The van der Waals surface area contributed by atoms with Gasteiger partial charge in [-0.25, -0.2) is 0 Å². The molecule has 1 unspecified atom stereocenters. The molecule has 1 heterocycles. The van der Waals surface area contributed by atoms with E-state index in [1.165, 1.54) is 0 Å². The number of aromatic nitrogens is 2. The van der Waals surface area contributed by atoms with Crippen LogP contribution in [0.15, 0.2) is 4.52 Å². The van der Waals surface area contributed by atoms with E-state index in [4.69, 9.17) is 4.52 Å². The SMILES string of the molecule is CCC(CC)C(C)Nc1nc(C)no1. The number of hydrogen-bond donors (Lipinski definition) is 1. The minimum atomic E-state index is 0.379. The van der Waals surface area contributed by atoms with Crippen molar-refractivity contribution < 1.29 is 4.52 Å². The van der Waals surface area contributed by atoms with E-state index in [1.807, 2.05) is 6.92 Å². The van der Waals surface area contributed by atoms with E-state index in [1.54, 1.807) is 0 Å². The third-order valence-corrected chi connectivity index (χ3v) is 2.63. The molecule has 80 valence electrons. The fourth-order valence-corrected chi connectivity index (χ4v) is 1.66. The molecule has 4 nitrogen and oxygen atoms in total. The normalized spacial score (nSPS) is 13.2. The molecule has 4 heteroatoms. The van der Waals surface area contributed by atoms with Crippen molar-refractivity contribution >= 4 is 6.01 Å². The minimum absolute atomic E-state index is 0.379. The summed E-state index contributed by atoms with van der Waals surface area (Å²) in [5, 5.41) is 6.96. The lowest BCUT2D eigenvalue weighted by molar-refractivity contribution is 0.395. The molecular weight excluding hydrogens is 178 g/mol. The summed E-state index contributed by atoms with van der Waals surface area (Å²) in [6.07, 6.45) is 2.33. The third-order valence-electron chi connectivity index (χ3n) is 2.63. The second-order valence-corrected chi connectivity index (χ2v) is 3.66. The van der Waals surface area contributed by atoms with Crippen LogP contribution >= 0.6 is 0 Å². The summed E-state index contributed by atoms with van der Waals surface area (Å²) in [4.78, 5) is 4.11. The van der Waals surface area contributed by atoms with Crippen LogP contribution in [0.3, 0.4) is 0 Å². The number of rotatable bonds is 5. The molecule has 14 heavy (non-hydrogen) atoms. The van der Waals surface area contributed by atoms with Crippen LogP contribution in [0.5, 0.6) is 0 Å². The van der Waals surface area contributed by atoms with Crippen molar-refractivity contribution in [2.45, 2.75) is 46.6 Å². The van der Waals surface area contributed by atoms with E-state index in [2.05, 4.69) is 36.2 Å². The molecule has 0 saturated carbocycles. The fraction of sp³-hybridized carbons (Fsp3) is 0.800. The largest absolute Gasteiger partial charge is 0.335 e. The predicted octanol–water partition coefficient (Wildman–Crippen LogP) is 2.61. The number of aryl methyl sites for hydroxylation is 1. The monoisotopic (exact) mass is 197 g/mol. The molecule has 1 aromatic heterocycles. The van der Waals surface area contributed by atoms with Gasteiger partial charge in [-0.3, -0.25) is 0 Å². The number of hydrogen-bond acceptors (Lipinski definition) is 4. The summed E-state index contributed by atoms with van der Waals surface area (Å²) in [7, 11) is 0. The van der Waals surface area contributed by atoms with Gasteiger partial charge in [0.15, 0.2) is 5.82 Å². The van der Waals surface area contributed by atoms with Gasteiger partial charge in [0.25, 0.3) is 0 Å². The Bertz CT molecular complexity index is 268. The first-order valence-electron chi connectivity index (χ1n) is 5.24. The van der Waals surface area contributed by atoms with Crippen molar-refractivity contribution in [3.63, 3.8) is 0 Å². The van der Waals surface area contributed by atoms with Crippen molar-refractivity contribution in [1.82, 2.24) is 10.1 Å². The molecule has 1 atom stereocenters. The third kappa shape index (κ3) is 2.72. The van der Waals surface area contributed by atoms with Gasteiger partial charge in [-0.05, 0) is 19.8 Å². The zero-order valence-electron chi connectivity index (χ0n) is 9.37. The molecule has 0 bridgehead atoms. The van der Waals surface area contributed by atoms with E-state index in [0.29, 0.717) is 23.8 Å². The summed E-state index contributed by atoms with van der Waals surface area (Å²) < 4.78 is 5.00. The number of nitrogens with zero attached hydrogens (tertiary/aromatic N) is 2. The Kier molecular flexibility index (Phi) is 3.92. The van der Waals surface area contributed by atoms with Gasteiger partial charge < -0.3 is 9.84 Å². The van der Waals surface area contributed by atoms with Crippen LogP contribution < -0.4 is 5.32 Å². The maximum Gasteiger partial charge on any atom is 0.321 e. The second kappa shape index (κ2) is 4.98. The summed E-state index contributed by atoms with van der Waals surface area (Å²) >= 11 is 0. The summed E-state index contributed by atoms with van der Waals surface area (Å²) in [6, 6.07) is 0.909. The molecule has 0 spiro atoms. The van der Waals surface area contributed by atoms with Gasteiger partial charge in [-0.2, -0.15) is 4.98 Å². The maximum absolute atomic E-state index is 5.00. The first kappa shape index (κ1) is 11.0. The molecular formula is C10H19N3O. The van der Waals surface area contributed by atoms with E-state index in [9.17, 15) is 0 Å². The smallest absolute Gasteiger partial charge is 0.321 e. The van der Waals surface area contributed by atoms with Crippen LogP contribution in [0.2, 0.25) is 0 Å². The molecule has 1 aromatic rings. The van der Waals surface area contributed by atoms with Crippen LogP contribution in [0, 0.1) is 12.8 Å². The van der Waals surface area contributed by atoms with Gasteiger partial charge in [0.05, 0.1) is 0 Å². The van der Waals surface area contributed by atoms with Gasteiger partial charge in [-0.15, -0.1) is 0 Å². The van der Waals surface area contributed by atoms with Gasteiger partial charge in [-0.1, -0.05) is 31.8 Å². The first-order valence-corrected chi connectivity index (χ1v) is 5.24. The number of anilines is 1. The summed E-state index contributed by atoms with van der Waals surface area (Å²) in [5.74, 6) is 1.33. The topological polar surface area (TPSA) is 51.0 Å². The van der Waals surface area contributed by atoms with Crippen molar-refractivity contribution in [2.75, 3.05) is 5.32 Å². The van der Waals surface area contributed by atoms with E-state index in [0.717, 1.165) is 12.8 Å². The Labute approximate surface area is 85.1 Å². The minimum Gasteiger partial charge on any atom is -0.335 e. The van der Waals surface area contributed by atoms with Crippen molar-refractivity contribution in [3.05, 3.63) is 5.82 Å². The maximum atomic E-state index is 5.00. The second-order valence-electron chi connectivity index (χ2n) is 3.66. The van der Waals surface area contributed by atoms with Gasteiger partial charge in [0.2, 0.25) is 0 Å². The van der Waals surface area contributed by atoms with E-state index < -0.39 is 0 Å². The van der Waals surface area contributed by atoms with Crippen molar-refractivity contribution in [3.8, 4) is 0 Å². The highest BCUT2D eigenvalue weighted by atomic mass is 16.5. The van der Waals surface area contributed by atoms with Crippen LogP contribution in [0.4, 0.5) is 6.01 Å². The predicted molar refractivity (Wildman–Crippen MR) is 56.2 cm³/mol. The van der Waals surface area contributed by atoms with Gasteiger partial charge in [0, 0.05) is 6.04 Å². The molecule has 0 aromatic carbocycles. The molecule has 0 amide bonds. The molecule has 1 rings (SSSR count). The van der Waals surface area contributed by atoms with Crippen LogP contribution in [-0.2, 0) is 0 Å². The molecule has 0 aliphatic rings. The molecule has 0 aliphatic carbocycles. The standard InChI is InChI=1S/C10H19N3O/c1-5-9(6-2)7(3)11-10-12-8(4)13-14-10/h7,9H,5-6H2,1-4H3,(H,11,12,13). The fourth-order valence-electron chi connectivity index (χ4n) is 1.66. The van der Waals surface area contributed by atoms with Crippen molar-refractivity contribution in [2.24, 2.45) is 5.92 Å². The lowest BCUT2D eigenvalue weighted by Crippen LogP contribution is -2.25. The Morgan fingerprint density at radius 1 is 1.36 bits per heavy atom. The quantitative estimate of drug-likeness (QED) is 0.788. The Morgan fingerprint density at radius 2 is 2.00 bits per heavy atom. The summed E-state index contributed by atoms with van der Waals surface area (Å²) in [6.45, 7) is 8.37. The van der Waals surface area contributed by atoms with E-state index in [-0.39, 0.29) is 0 Å². The van der Waals surface area contributed by atoms with Crippen LogP contribution in [0.1, 0.15) is 39.4 Å². The number of nitrogens with one attached hydrogen (secondary N) is 1. The highest BCUT2D eigenvalue weighted by Gasteiger charge is 2.15. The van der Waals surface area contributed by atoms with Crippen molar-refractivity contribution in [1.29, 1.82) is 0 Å². The summed E-state index contributed by atoms with van der Waals surface area (Å²) in [5.41, 5.74) is 0. The lowest BCUT2D eigenvalue weighted by Gasteiger charge is -2.20. The molecule has 0 saturated heterocycles. The van der Waals surface area contributed by atoms with Gasteiger partial charge in [0.1, 0.15) is 0 Å². The first-order chi connectivity index (χ1) is 6.67.